The van der Waals surface area contributed by atoms with Crippen molar-refractivity contribution in [3.05, 3.63) is 29.3 Å². The fourth-order valence-corrected chi connectivity index (χ4v) is 2.74. The number of nitrogens with zero attached hydrogens (tertiary/aromatic N) is 2. The lowest BCUT2D eigenvalue weighted by Gasteiger charge is -2.18. The summed E-state index contributed by atoms with van der Waals surface area (Å²) in [6, 6.07) is 6.39. The van der Waals surface area contributed by atoms with Crippen molar-refractivity contribution in [1.82, 2.24) is 9.62 Å². The average Bonchev–Trinajstić information content (AvgIpc) is 2.38. The smallest absolute Gasteiger partial charge is 0.252 e. The van der Waals surface area contributed by atoms with Crippen LogP contribution in [0.2, 0.25) is 0 Å². The number of amides is 1. The van der Waals surface area contributed by atoms with Crippen LogP contribution in [0, 0.1) is 18.3 Å². The zero-order valence-corrected chi connectivity index (χ0v) is 13.6. The second-order valence-electron chi connectivity index (χ2n) is 5.46. The Balaban J connectivity index is 3.26. The SMILES string of the molecule is Cc1ccc(C(=O)NC(C)(C)C#N)cc1S(=O)(=O)N(C)C. The summed E-state index contributed by atoms with van der Waals surface area (Å²) in [7, 11) is -0.763. The van der Waals surface area contributed by atoms with Gasteiger partial charge in [0.05, 0.1) is 11.0 Å². The average molecular weight is 309 g/mol. The van der Waals surface area contributed by atoms with E-state index >= 15 is 0 Å². The van der Waals surface area contributed by atoms with E-state index in [4.69, 9.17) is 5.26 Å². The van der Waals surface area contributed by atoms with E-state index in [0.717, 1.165) is 4.31 Å². The molecule has 0 heterocycles. The van der Waals surface area contributed by atoms with Gasteiger partial charge in [-0.3, -0.25) is 4.79 Å². The van der Waals surface area contributed by atoms with Gasteiger partial charge in [0, 0.05) is 19.7 Å². The molecule has 1 amide bonds. The van der Waals surface area contributed by atoms with E-state index in [-0.39, 0.29) is 10.5 Å². The number of carbonyl (C=O) groups excluding carboxylic acids is 1. The highest BCUT2D eigenvalue weighted by molar-refractivity contribution is 7.89. The van der Waals surface area contributed by atoms with Crippen LogP contribution in [0.5, 0.6) is 0 Å². The number of aryl methyl sites for hydroxylation is 1. The first kappa shape index (κ1) is 17.1. The molecule has 0 aliphatic heterocycles. The highest BCUT2D eigenvalue weighted by atomic mass is 32.2. The van der Waals surface area contributed by atoms with Gasteiger partial charge in [-0.15, -0.1) is 0 Å². The molecular formula is C14H19N3O3S. The molecule has 1 rings (SSSR count). The minimum absolute atomic E-state index is 0.0786. The summed E-state index contributed by atoms with van der Waals surface area (Å²) in [6.07, 6.45) is 0. The standard InChI is InChI=1S/C14H19N3O3S/c1-10-6-7-11(13(18)16-14(2,3)9-15)8-12(10)21(19,20)17(4)5/h6-8H,1-5H3,(H,16,18). The summed E-state index contributed by atoms with van der Waals surface area (Å²) in [4.78, 5) is 12.2. The fraction of sp³-hybridized carbons (Fsp3) is 0.429. The summed E-state index contributed by atoms with van der Waals surface area (Å²) in [5.74, 6) is -0.489. The predicted molar refractivity (Wildman–Crippen MR) is 79.2 cm³/mol. The molecule has 1 aromatic carbocycles. The van der Waals surface area contributed by atoms with E-state index in [2.05, 4.69) is 5.32 Å². The topological polar surface area (TPSA) is 90.3 Å². The molecule has 0 aromatic heterocycles. The van der Waals surface area contributed by atoms with Crippen LogP contribution in [0.4, 0.5) is 0 Å². The van der Waals surface area contributed by atoms with Crippen molar-refractivity contribution >= 4 is 15.9 Å². The van der Waals surface area contributed by atoms with E-state index in [1.165, 1.54) is 26.2 Å². The number of rotatable bonds is 4. The van der Waals surface area contributed by atoms with Gasteiger partial charge in [0.25, 0.3) is 5.91 Å². The van der Waals surface area contributed by atoms with Crippen LogP contribution in [0.3, 0.4) is 0 Å². The summed E-state index contributed by atoms with van der Waals surface area (Å²) < 4.78 is 25.5. The molecule has 21 heavy (non-hydrogen) atoms. The number of hydrogen-bond donors (Lipinski definition) is 1. The van der Waals surface area contributed by atoms with Crippen molar-refractivity contribution in [2.75, 3.05) is 14.1 Å². The van der Waals surface area contributed by atoms with Crippen molar-refractivity contribution in [2.24, 2.45) is 0 Å². The number of sulfonamides is 1. The van der Waals surface area contributed by atoms with E-state index in [9.17, 15) is 13.2 Å². The zero-order valence-electron chi connectivity index (χ0n) is 12.8. The zero-order chi connectivity index (χ0) is 16.4. The van der Waals surface area contributed by atoms with Crippen LogP contribution in [-0.2, 0) is 10.0 Å². The number of nitrogens with one attached hydrogen (secondary N) is 1. The monoisotopic (exact) mass is 309 g/mol. The second kappa shape index (κ2) is 5.84. The van der Waals surface area contributed by atoms with Crippen LogP contribution in [-0.4, -0.2) is 38.3 Å². The van der Waals surface area contributed by atoms with Gasteiger partial charge in [-0.05, 0) is 38.5 Å². The van der Waals surface area contributed by atoms with Gasteiger partial charge in [-0.2, -0.15) is 5.26 Å². The molecule has 0 aliphatic carbocycles. The Morgan fingerprint density at radius 1 is 1.33 bits per heavy atom. The first-order valence-corrected chi connectivity index (χ1v) is 7.72. The maximum absolute atomic E-state index is 12.2. The molecule has 0 bridgehead atoms. The van der Waals surface area contributed by atoms with Crippen LogP contribution in [0.25, 0.3) is 0 Å². The second-order valence-corrected chi connectivity index (χ2v) is 7.58. The fourth-order valence-electron chi connectivity index (χ4n) is 1.60. The molecule has 0 atom stereocenters. The van der Waals surface area contributed by atoms with Gasteiger partial charge in [-0.1, -0.05) is 6.07 Å². The maximum atomic E-state index is 12.2. The van der Waals surface area contributed by atoms with Crippen LogP contribution >= 0.6 is 0 Å². The lowest BCUT2D eigenvalue weighted by Crippen LogP contribution is -2.42. The molecule has 1 N–H and O–H groups in total. The van der Waals surface area contributed by atoms with E-state index < -0.39 is 21.5 Å². The normalized spacial score (nSPS) is 12.0. The van der Waals surface area contributed by atoms with Gasteiger partial charge < -0.3 is 5.32 Å². The highest BCUT2D eigenvalue weighted by Crippen LogP contribution is 2.20. The number of nitriles is 1. The van der Waals surface area contributed by atoms with Crippen molar-refractivity contribution in [3.8, 4) is 6.07 Å². The maximum Gasteiger partial charge on any atom is 0.252 e. The first-order valence-electron chi connectivity index (χ1n) is 6.28. The van der Waals surface area contributed by atoms with Crippen molar-refractivity contribution in [2.45, 2.75) is 31.2 Å². The van der Waals surface area contributed by atoms with Crippen LogP contribution < -0.4 is 5.32 Å². The Labute approximate surface area is 125 Å². The highest BCUT2D eigenvalue weighted by Gasteiger charge is 2.24. The molecule has 0 saturated carbocycles. The van der Waals surface area contributed by atoms with Crippen LogP contribution in [0.15, 0.2) is 23.1 Å². The molecule has 1 aromatic rings. The quantitative estimate of drug-likeness (QED) is 0.907. The van der Waals surface area contributed by atoms with Crippen molar-refractivity contribution in [3.63, 3.8) is 0 Å². The summed E-state index contributed by atoms with van der Waals surface area (Å²) in [5.41, 5.74) is -0.271. The van der Waals surface area contributed by atoms with Gasteiger partial charge in [0.15, 0.2) is 0 Å². The Morgan fingerprint density at radius 3 is 2.38 bits per heavy atom. The molecular weight excluding hydrogens is 290 g/mol. The predicted octanol–water partition coefficient (Wildman–Crippen LogP) is 1.28. The van der Waals surface area contributed by atoms with Crippen molar-refractivity contribution in [1.29, 1.82) is 5.26 Å². The Hall–Kier alpha value is -1.91. The largest absolute Gasteiger partial charge is 0.334 e. The Kier molecular flexibility index (Phi) is 4.76. The minimum Gasteiger partial charge on any atom is -0.334 e. The van der Waals surface area contributed by atoms with Crippen LogP contribution in [0.1, 0.15) is 29.8 Å². The molecule has 7 heteroatoms. The molecule has 0 saturated heterocycles. The third-order valence-electron chi connectivity index (χ3n) is 2.91. The van der Waals surface area contributed by atoms with Gasteiger partial charge in [0.2, 0.25) is 10.0 Å². The van der Waals surface area contributed by atoms with E-state index in [1.54, 1.807) is 26.8 Å². The number of carbonyl (C=O) groups is 1. The van der Waals surface area contributed by atoms with Gasteiger partial charge in [0.1, 0.15) is 5.54 Å². The lowest BCUT2D eigenvalue weighted by atomic mass is 10.1. The Morgan fingerprint density at radius 2 is 1.90 bits per heavy atom. The minimum atomic E-state index is -3.62. The molecule has 0 spiro atoms. The van der Waals surface area contributed by atoms with Gasteiger partial charge >= 0.3 is 0 Å². The molecule has 0 unspecified atom stereocenters. The summed E-state index contributed by atoms with van der Waals surface area (Å²) in [5, 5.41) is 11.5. The third-order valence-corrected chi connectivity index (χ3v) is 4.87. The summed E-state index contributed by atoms with van der Waals surface area (Å²) in [6.45, 7) is 4.80. The third kappa shape index (κ3) is 3.80. The first-order chi connectivity index (χ1) is 9.51. The van der Waals surface area contributed by atoms with E-state index in [1.807, 2.05) is 6.07 Å². The van der Waals surface area contributed by atoms with Crippen molar-refractivity contribution < 1.29 is 13.2 Å². The molecule has 0 fully saturated rings. The molecule has 0 aliphatic rings. The Bertz CT molecular complexity index is 701. The number of benzene rings is 1. The molecule has 114 valence electrons. The van der Waals surface area contributed by atoms with E-state index in [0.29, 0.717) is 5.56 Å². The molecule has 6 nitrogen and oxygen atoms in total. The lowest BCUT2D eigenvalue weighted by molar-refractivity contribution is 0.0929. The number of hydrogen-bond acceptors (Lipinski definition) is 4. The summed E-state index contributed by atoms with van der Waals surface area (Å²) >= 11 is 0. The van der Waals surface area contributed by atoms with Gasteiger partial charge in [-0.25, -0.2) is 12.7 Å². The molecule has 0 radical (unpaired) electrons.